The van der Waals surface area contributed by atoms with Gasteiger partial charge < -0.3 is 20.9 Å². The van der Waals surface area contributed by atoms with Crippen molar-refractivity contribution in [3.63, 3.8) is 0 Å². The lowest BCUT2D eigenvalue weighted by Gasteiger charge is -2.17. The molecule has 7 heteroatoms. The highest BCUT2D eigenvalue weighted by Crippen LogP contribution is 2.23. The molecule has 7 nitrogen and oxygen atoms in total. The summed E-state index contributed by atoms with van der Waals surface area (Å²) < 4.78 is 0. The van der Waals surface area contributed by atoms with Crippen molar-refractivity contribution in [1.29, 1.82) is 0 Å². The van der Waals surface area contributed by atoms with E-state index in [4.69, 9.17) is 0 Å². The summed E-state index contributed by atoms with van der Waals surface area (Å²) in [4.78, 5) is 38.9. The van der Waals surface area contributed by atoms with Crippen LogP contribution < -0.4 is 16.0 Å². The first kappa shape index (κ1) is 22.1. The third-order valence-corrected chi connectivity index (χ3v) is 5.52. The molecule has 0 aromatic heterocycles. The maximum atomic E-state index is 12.7. The van der Waals surface area contributed by atoms with Gasteiger partial charge in [-0.2, -0.15) is 0 Å². The van der Waals surface area contributed by atoms with Gasteiger partial charge in [0.05, 0.1) is 5.92 Å². The number of likely N-dealkylation sites (tertiary alicyclic amines) is 1. The number of anilines is 3. The smallest absolute Gasteiger partial charge is 0.323 e. The third kappa shape index (κ3) is 5.98. The minimum atomic E-state index is -0.391. The van der Waals surface area contributed by atoms with Gasteiger partial charge in [-0.05, 0) is 48.9 Å². The van der Waals surface area contributed by atoms with Crippen LogP contribution in [0.3, 0.4) is 0 Å². The summed E-state index contributed by atoms with van der Waals surface area (Å²) in [5.74, 6) is -0.589. The van der Waals surface area contributed by atoms with Gasteiger partial charge in [-0.25, -0.2) is 4.79 Å². The van der Waals surface area contributed by atoms with Crippen LogP contribution in [0, 0.1) is 12.8 Å². The molecule has 1 aliphatic heterocycles. The van der Waals surface area contributed by atoms with Crippen LogP contribution in [0.1, 0.15) is 17.5 Å². The fraction of sp³-hybridized carbons (Fsp3) is 0.192. The number of hydrogen-bond acceptors (Lipinski definition) is 3. The monoisotopic (exact) mass is 442 g/mol. The molecule has 168 valence electrons. The molecule has 0 bridgehead atoms. The van der Waals surface area contributed by atoms with E-state index in [9.17, 15) is 14.4 Å². The van der Waals surface area contributed by atoms with E-state index in [0.29, 0.717) is 30.2 Å². The van der Waals surface area contributed by atoms with E-state index >= 15 is 0 Å². The molecule has 0 radical (unpaired) electrons. The SMILES string of the molecule is Cc1ccc(CN2CC(C(=O)Nc3ccc(NC(=O)Nc4ccccc4)cc3)CC2=O)cc1. The number of urea groups is 1. The van der Waals surface area contributed by atoms with Crippen molar-refractivity contribution >= 4 is 34.9 Å². The zero-order chi connectivity index (χ0) is 23.2. The largest absolute Gasteiger partial charge is 0.338 e. The first-order valence-corrected chi connectivity index (χ1v) is 10.8. The fourth-order valence-electron chi connectivity index (χ4n) is 3.71. The number of benzene rings is 3. The summed E-state index contributed by atoms with van der Waals surface area (Å²) in [7, 11) is 0. The van der Waals surface area contributed by atoms with Crippen molar-refractivity contribution in [2.75, 3.05) is 22.5 Å². The Morgan fingerprint density at radius 1 is 0.818 bits per heavy atom. The molecule has 1 aliphatic rings. The van der Waals surface area contributed by atoms with Crippen LogP contribution in [0.4, 0.5) is 21.9 Å². The number of para-hydroxylation sites is 1. The second kappa shape index (κ2) is 9.99. The Hall–Kier alpha value is -4.13. The summed E-state index contributed by atoms with van der Waals surface area (Å²) in [5.41, 5.74) is 4.12. The Balaban J connectivity index is 1.28. The van der Waals surface area contributed by atoms with Crippen molar-refractivity contribution in [3.05, 3.63) is 90.0 Å². The summed E-state index contributed by atoms with van der Waals surface area (Å²) in [5, 5.41) is 8.37. The molecule has 1 unspecified atom stereocenters. The minimum absolute atomic E-state index is 0.0142. The summed E-state index contributed by atoms with van der Waals surface area (Å²) in [6, 6.07) is 23.7. The number of aryl methyl sites for hydroxylation is 1. The first-order chi connectivity index (χ1) is 16.0. The Morgan fingerprint density at radius 3 is 2.03 bits per heavy atom. The second-order valence-electron chi connectivity index (χ2n) is 8.17. The summed E-state index contributed by atoms with van der Waals surface area (Å²) in [6.07, 6.45) is 0.205. The number of nitrogens with one attached hydrogen (secondary N) is 3. The highest BCUT2D eigenvalue weighted by molar-refractivity contribution is 6.00. The van der Waals surface area contributed by atoms with Crippen molar-refractivity contribution in [2.24, 2.45) is 5.92 Å². The molecule has 1 fully saturated rings. The van der Waals surface area contributed by atoms with Crippen molar-refractivity contribution < 1.29 is 14.4 Å². The number of carbonyl (C=O) groups is 3. The van der Waals surface area contributed by atoms with Crippen molar-refractivity contribution in [1.82, 2.24) is 4.90 Å². The second-order valence-corrected chi connectivity index (χ2v) is 8.17. The Kier molecular flexibility index (Phi) is 6.69. The number of amides is 4. The molecule has 1 heterocycles. The van der Waals surface area contributed by atoms with Gasteiger partial charge in [-0.3, -0.25) is 9.59 Å². The predicted molar refractivity (Wildman–Crippen MR) is 129 cm³/mol. The van der Waals surface area contributed by atoms with E-state index in [-0.39, 0.29) is 24.3 Å². The third-order valence-electron chi connectivity index (χ3n) is 5.52. The van der Waals surface area contributed by atoms with E-state index in [2.05, 4.69) is 16.0 Å². The summed E-state index contributed by atoms with van der Waals surface area (Å²) in [6.45, 7) is 2.93. The molecule has 4 amide bonds. The highest BCUT2D eigenvalue weighted by Gasteiger charge is 2.34. The van der Waals surface area contributed by atoms with Crippen LogP contribution >= 0.6 is 0 Å². The van der Waals surface area contributed by atoms with Crippen molar-refractivity contribution in [3.8, 4) is 0 Å². The normalized spacial score (nSPS) is 15.2. The van der Waals surface area contributed by atoms with Crippen LogP contribution in [0.15, 0.2) is 78.9 Å². The molecule has 0 spiro atoms. The zero-order valence-electron chi connectivity index (χ0n) is 18.4. The molecule has 4 rings (SSSR count). The van der Waals surface area contributed by atoms with Crippen LogP contribution in [-0.2, 0) is 16.1 Å². The Labute approximate surface area is 192 Å². The average Bonchev–Trinajstić information content (AvgIpc) is 3.17. The molecule has 1 saturated heterocycles. The van der Waals surface area contributed by atoms with Gasteiger partial charge in [-0.1, -0.05) is 48.0 Å². The number of carbonyl (C=O) groups excluding carboxylic acids is 3. The molecule has 1 atom stereocenters. The lowest BCUT2D eigenvalue weighted by Crippen LogP contribution is -2.28. The van der Waals surface area contributed by atoms with E-state index < -0.39 is 5.92 Å². The summed E-state index contributed by atoms with van der Waals surface area (Å²) >= 11 is 0. The van der Waals surface area contributed by atoms with Gasteiger partial charge in [0.25, 0.3) is 0 Å². The van der Waals surface area contributed by atoms with Gasteiger partial charge in [0.2, 0.25) is 11.8 Å². The molecule has 33 heavy (non-hydrogen) atoms. The fourth-order valence-corrected chi connectivity index (χ4v) is 3.71. The van der Waals surface area contributed by atoms with Crippen LogP contribution in [0.25, 0.3) is 0 Å². The van der Waals surface area contributed by atoms with E-state index in [1.807, 2.05) is 49.4 Å². The molecule has 3 aromatic rings. The predicted octanol–water partition coefficient (Wildman–Crippen LogP) is 4.63. The lowest BCUT2D eigenvalue weighted by molar-refractivity contribution is -0.128. The van der Waals surface area contributed by atoms with Gasteiger partial charge in [0, 0.05) is 36.6 Å². The lowest BCUT2D eigenvalue weighted by atomic mass is 10.1. The van der Waals surface area contributed by atoms with E-state index in [1.165, 1.54) is 5.56 Å². The average molecular weight is 443 g/mol. The number of rotatable bonds is 6. The molecule has 3 N–H and O–H groups in total. The van der Waals surface area contributed by atoms with E-state index in [0.717, 1.165) is 5.56 Å². The van der Waals surface area contributed by atoms with Gasteiger partial charge in [-0.15, -0.1) is 0 Å². The highest BCUT2D eigenvalue weighted by atomic mass is 16.2. The van der Waals surface area contributed by atoms with Crippen molar-refractivity contribution in [2.45, 2.75) is 19.9 Å². The maximum Gasteiger partial charge on any atom is 0.323 e. The number of hydrogen-bond donors (Lipinski definition) is 3. The molecular weight excluding hydrogens is 416 g/mol. The Bertz CT molecular complexity index is 1130. The molecule has 0 saturated carbocycles. The van der Waals surface area contributed by atoms with Gasteiger partial charge >= 0.3 is 6.03 Å². The standard InChI is InChI=1S/C26H26N4O3/c1-18-7-9-19(10-8-18)16-30-17-20(15-24(30)31)25(32)27-22-11-13-23(14-12-22)29-26(33)28-21-5-3-2-4-6-21/h2-14,20H,15-17H2,1H3,(H,27,32)(H2,28,29,33). The Morgan fingerprint density at radius 2 is 1.39 bits per heavy atom. The first-order valence-electron chi connectivity index (χ1n) is 10.8. The molecule has 0 aliphatic carbocycles. The molecule has 3 aromatic carbocycles. The molecular formula is C26H26N4O3. The van der Waals surface area contributed by atoms with Crippen LogP contribution in [-0.4, -0.2) is 29.3 Å². The zero-order valence-corrected chi connectivity index (χ0v) is 18.4. The van der Waals surface area contributed by atoms with Crippen LogP contribution in [0.2, 0.25) is 0 Å². The van der Waals surface area contributed by atoms with Gasteiger partial charge in [0.15, 0.2) is 0 Å². The number of nitrogens with zero attached hydrogens (tertiary/aromatic N) is 1. The topological polar surface area (TPSA) is 90.5 Å². The van der Waals surface area contributed by atoms with Crippen LogP contribution in [0.5, 0.6) is 0 Å². The maximum absolute atomic E-state index is 12.7. The quantitative estimate of drug-likeness (QED) is 0.520. The van der Waals surface area contributed by atoms with E-state index in [1.54, 1.807) is 41.3 Å². The van der Waals surface area contributed by atoms with Gasteiger partial charge in [0.1, 0.15) is 0 Å². The minimum Gasteiger partial charge on any atom is -0.338 e.